The van der Waals surface area contributed by atoms with Crippen LogP contribution in [0.3, 0.4) is 0 Å². The van der Waals surface area contributed by atoms with Crippen molar-refractivity contribution in [3.63, 3.8) is 0 Å². The molecule has 0 unspecified atom stereocenters. The van der Waals surface area contributed by atoms with Gasteiger partial charge in [0.2, 0.25) is 0 Å². The number of benzene rings is 2. The van der Waals surface area contributed by atoms with Crippen molar-refractivity contribution < 1.29 is 5.11 Å². The molecule has 3 N–H and O–H groups in total. The lowest BCUT2D eigenvalue weighted by Gasteiger charge is -2.25. The molecule has 0 aliphatic heterocycles. The Balaban J connectivity index is 1.86. The fraction of sp³-hybridized carbons (Fsp3) is 0.304. The van der Waals surface area contributed by atoms with Crippen LogP contribution in [0, 0.1) is 20.8 Å². The number of rotatable bonds is 6. The number of aliphatic hydroxyl groups excluding tert-OH is 1. The van der Waals surface area contributed by atoms with Crippen molar-refractivity contribution in [1.29, 1.82) is 0 Å². The van der Waals surface area contributed by atoms with Crippen molar-refractivity contribution in [2.45, 2.75) is 33.7 Å². The first-order chi connectivity index (χ1) is 13.9. The largest absolute Gasteiger partial charge is 0.396 e. The third-order valence-electron chi connectivity index (χ3n) is 5.07. The van der Waals surface area contributed by atoms with Crippen LogP contribution in [0.2, 0.25) is 0 Å². The van der Waals surface area contributed by atoms with E-state index < -0.39 is 0 Å². The Morgan fingerprint density at radius 2 is 1.79 bits per heavy atom. The van der Waals surface area contributed by atoms with Crippen LogP contribution in [0.5, 0.6) is 0 Å². The van der Waals surface area contributed by atoms with Gasteiger partial charge in [0.1, 0.15) is 0 Å². The summed E-state index contributed by atoms with van der Waals surface area (Å²) in [5, 5.41) is 14.0. The second kappa shape index (κ2) is 9.20. The van der Waals surface area contributed by atoms with Crippen LogP contribution in [0.15, 0.2) is 47.3 Å². The molecule has 1 aromatic heterocycles. The molecule has 3 rings (SSSR count). The van der Waals surface area contributed by atoms with Crippen LogP contribution in [0.1, 0.15) is 28.7 Å². The van der Waals surface area contributed by atoms with Crippen molar-refractivity contribution in [2.75, 3.05) is 18.5 Å². The van der Waals surface area contributed by atoms with Crippen molar-refractivity contribution in [3.05, 3.63) is 75.1 Å². The molecule has 0 fully saturated rings. The molecule has 5 nitrogen and oxygen atoms in total. The number of aliphatic hydroxyl groups is 1. The molecule has 0 aliphatic rings. The average molecular weight is 410 g/mol. The number of anilines is 1. The van der Waals surface area contributed by atoms with Gasteiger partial charge in [0.15, 0.2) is 5.11 Å². The van der Waals surface area contributed by atoms with Gasteiger partial charge in [0, 0.05) is 29.9 Å². The van der Waals surface area contributed by atoms with E-state index in [1.165, 1.54) is 11.1 Å². The lowest BCUT2D eigenvalue weighted by atomic mass is 10.0. The molecular weight excluding hydrogens is 382 g/mol. The zero-order chi connectivity index (χ0) is 21.0. The van der Waals surface area contributed by atoms with Gasteiger partial charge in [-0.2, -0.15) is 0 Å². The Bertz CT molecular complexity index is 1070. The molecule has 6 heteroatoms. The van der Waals surface area contributed by atoms with Crippen LogP contribution in [0.4, 0.5) is 5.69 Å². The van der Waals surface area contributed by atoms with Gasteiger partial charge in [-0.1, -0.05) is 17.7 Å². The Morgan fingerprint density at radius 1 is 1.10 bits per heavy atom. The fourth-order valence-corrected chi connectivity index (χ4v) is 3.47. The molecule has 152 valence electrons. The number of pyridine rings is 1. The van der Waals surface area contributed by atoms with Gasteiger partial charge in [-0.15, -0.1) is 0 Å². The third kappa shape index (κ3) is 5.22. The third-order valence-corrected chi connectivity index (χ3v) is 5.43. The molecule has 0 aliphatic carbocycles. The van der Waals surface area contributed by atoms with E-state index in [1.54, 1.807) is 0 Å². The lowest BCUT2D eigenvalue weighted by molar-refractivity contribution is 0.266. The molecule has 1 heterocycles. The van der Waals surface area contributed by atoms with E-state index in [2.05, 4.69) is 23.3 Å². The first-order valence-corrected chi connectivity index (χ1v) is 10.1. The van der Waals surface area contributed by atoms with Crippen LogP contribution in [0.25, 0.3) is 10.9 Å². The van der Waals surface area contributed by atoms with Crippen LogP contribution in [-0.2, 0) is 6.54 Å². The first-order valence-electron chi connectivity index (χ1n) is 9.74. The number of nitrogens with one attached hydrogen (secondary N) is 2. The molecule has 0 atom stereocenters. The second-order valence-electron chi connectivity index (χ2n) is 7.44. The summed E-state index contributed by atoms with van der Waals surface area (Å²) in [6.45, 7) is 7.12. The van der Waals surface area contributed by atoms with E-state index in [-0.39, 0.29) is 12.2 Å². The van der Waals surface area contributed by atoms with Gasteiger partial charge in [-0.3, -0.25) is 4.79 Å². The molecule has 2 aromatic carbocycles. The number of aromatic amines is 1. The lowest BCUT2D eigenvalue weighted by Crippen LogP contribution is -2.37. The minimum atomic E-state index is -0.118. The number of nitrogens with zero attached hydrogens (tertiary/aromatic N) is 1. The summed E-state index contributed by atoms with van der Waals surface area (Å²) in [5.74, 6) is 0. The highest BCUT2D eigenvalue weighted by Crippen LogP contribution is 2.18. The number of H-pyrrole nitrogens is 1. The van der Waals surface area contributed by atoms with Gasteiger partial charge in [0.25, 0.3) is 5.56 Å². The summed E-state index contributed by atoms with van der Waals surface area (Å²) in [6.07, 6.45) is 0.569. The number of aromatic nitrogens is 1. The Morgan fingerprint density at radius 3 is 2.48 bits per heavy atom. The topological polar surface area (TPSA) is 68.4 Å². The molecule has 0 spiro atoms. The predicted molar refractivity (Wildman–Crippen MR) is 124 cm³/mol. The number of hydrogen-bond acceptors (Lipinski definition) is 3. The molecule has 0 saturated heterocycles. The van der Waals surface area contributed by atoms with Crippen molar-refractivity contribution in [2.24, 2.45) is 0 Å². The van der Waals surface area contributed by atoms with E-state index in [9.17, 15) is 9.90 Å². The van der Waals surface area contributed by atoms with Gasteiger partial charge < -0.3 is 20.3 Å². The summed E-state index contributed by atoms with van der Waals surface area (Å²) in [4.78, 5) is 17.6. The van der Waals surface area contributed by atoms with Crippen LogP contribution >= 0.6 is 12.2 Å². The SMILES string of the molecule is Cc1ccc(NC(=S)N(CCCO)Cc2cc3cc(C)c(C)cc3[nH]c2=O)cc1. The summed E-state index contributed by atoms with van der Waals surface area (Å²) in [6, 6.07) is 14.0. The van der Waals surface area contributed by atoms with Gasteiger partial charge in [-0.25, -0.2) is 0 Å². The molecule has 0 radical (unpaired) electrons. The molecule has 0 amide bonds. The summed E-state index contributed by atoms with van der Waals surface area (Å²) >= 11 is 5.60. The van der Waals surface area contributed by atoms with Crippen molar-refractivity contribution in [3.8, 4) is 0 Å². The maximum atomic E-state index is 12.7. The van der Waals surface area contributed by atoms with E-state index >= 15 is 0 Å². The Labute approximate surface area is 176 Å². The minimum Gasteiger partial charge on any atom is -0.396 e. The van der Waals surface area contributed by atoms with Crippen molar-refractivity contribution >= 4 is 33.9 Å². The van der Waals surface area contributed by atoms with Gasteiger partial charge in [-0.05, 0) is 86.3 Å². The maximum Gasteiger partial charge on any atom is 0.253 e. The highest BCUT2D eigenvalue weighted by atomic mass is 32.1. The quantitative estimate of drug-likeness (QED) is 0.536. The number of aryl methyl sites for hydroxylation is 3. The van der Waals surface area contributed by atoms with Crippen LogP contribution in [-0.4, -0.2) is 33.3 Å². The van der Waals surface area contributed by atoms with Crippen molar-refractivity contribution in [1.82, 2.24) is 9.88 Å². The average Bonchev–Trinajstić information content (AvgIpc) is 2.68. The highest BCUT2D eigenvalue weighted by Gasteiger charge is 2.14. The monoisotopic (exact) mass is 409 g/mol. The molecule has 29 heavy (non-hydrogen) atoms. The fourth-order valence-electron chi connectivity index (χ4n) is 3.20. The molecular formula is C23H27N3O2S. The molecule has 0 bridgehead atoms. The standard InChI is InChI=1S/C23H27N3O2S/c1-15-5-7-20(8-6-15)24-23(29)26(9-4-10-27)14-19-13-18-11-16(2)17(3)12-21(18)25-22(19)28/h5-8,11-13,27H,4,9-10,14H2,1-3H3,(H,24,29)(H,25,28). The highest BCUT2D eigenvalue weighted by molar-refractivity contribution is 7.80. The second-order valence-corrected chi connectivity index (χ2v) is 7.83. The van der Waals surface area contributed by atoms with E-state index in [0.29, 0.717) is 30.2 Å². The number of fused-ring (bicyclic) bond motifs is 1. The molecule has 0 saturated carbocycles. The summed E-state index contributed by atoms with van der Waals surface area (Å²) in [7, 11) is 0. The zero-order valence-electron chi connectivity index (χ0n) is 17.1. The Hall–Kier alpha value is -2.70. The van der Waals surface area contributed by atoms with Gasteiger partial charge >= 0.3 is 0 Å². The predicted octanol–water partition coefficient (Wildman–Crippen LogP) is 4.03. The number of hydrogen-bond donors (Lipinski definition) is 3. The first kappa shape index (κ1) is 21.0. The van der Waals surface area contributed by atoms with Crippen LogP contribution < -0.4 is 10.9 Å². The summed E-state index contributed by atoms with van der Waals surface area (Å²) in [5.41, 5.74) is 5.77. The van der Waals surface area contributed by atoms with E-state index in [1.807, 2.05) is 55.1 Å². The maximum absolute atomic E-state index is 12.7. The molecule has 3 aromatic rings. The summed E-state index contributed by atoms with van der Waals surface area (Å²) < 4.78 is 0. The van der Waals surface area contributed by atoms with E-state index in [0.717, 1.165) is 22.2 Å². The smallest absolute Gasteiger partial charge is 0.253 e. The Kier molecular flexibility index (Phi) is 6.67. The zero-order valence-corrected chi connectivity index (χ0v) is 17.9. The van der Waals surface area contributed by atoms with E-state index in [4.69, 9.17) is 12.2 Å². The minimum absolute atomic E-state index is 0.0657. The normalized spacial score (nSPS) is 10.9. The number of thiocarbonyl (C=S) groups is 1. The van der Waals surface area contributed by atoms with Gasteiger partial charge in [0.05, 0.1) is 6.54 Å².